The SMILES string of the molecule is Cc1ccc(C(=O)c2ccccc2C(=O)N(C)CC(C)(C)CN)cc1. The Hall–Kier alpha value is -2.46. The van der Waals surface area contributed by atoms with Crippen LogP contribution in [0.4, 0.5) is 0 Å². The summed E-state index contributed by atoms with van der Waals surface area (Å²) in [5, 5.41) is 0. The number of benzene rings is 2. The maximum atomic E-state index is 12.9. The molecule has 4 nitrogen and oxygen atoms in total. The molecule has 0 aliphatic rings. The van der Waals surface area contributed by atoms with E-state index in [4.69, 9.17) is 5.73 Å². The summed E-state index contributed by atoms with van der Waals surface area (Å²) in [5.74, 6) is -0.312. The summed E-state index contributed by atoms with van der Waals surface area (Å²) >= 11 is 0. The third-order valence-electron chi connectivity index (χ3n) is 4.28. The van der Waals surface area contributed by atoms with Crippen LogP contribution in [0, 0.1) is 12.3 Å². The van der Waals surface area contributed by atoms with Gasteiger partial charge in [-0.1, -0.05) is 61.9 Å². The summed E-state index contributed by atoms with van der Waals surface area (Å²) in [6.07, 6.45) is 0. The van der Waals surface area contributed by atoms with Crippen LogP contribution in [0.2, 0.25) is 0 Å². The van der Waals surface area contributed by atoms with Gasteiger partial charge in [-0.15, -0.1) is 0 Å². The molecule has 0 unspecified atom stereocenters. The summed E-state index contributed by atoms with van der Waals surface area (Å²) < 4.78 is 0. The molecule has 2 rings (SSSR count). The fourth-order valence-electron chi connectivity index (χ4n) is 2.71. The molecule has 0 saturated heterocycles. The van der Waals surface area contributed by atoms with Crippen molar-refractivity contribution in [2.24, 2.45) is 11.1 Å². The molecule has 0 aliphatic carbocycles. The van der Waals surface area contributed by atoms with Gasteiger partial charge in [-0.2, -0.15) is 0 Å². The fourth-order valence-corrected chi connectivity index (χ4v) is 2.71. The van der Waals surface area contributed by atoms with Crippen molar-refractivity contribution in [3.63, 3.8) is 0 Å². The van der Waals surface area contributed by atoms with Gasteiger partial charge in [-0.05, 0) is 24.9 Å². The number of amides is 1. The lowest BCUT2D eigenvalue weighted by Crippen LogP contribution is -2.40. The molecular weight excluding hydrogens is 312 g/mol. The molecule has 132 valence electrons. The van der Waals surface area contributed by atoms with Crippen molar-refractivity contribution >= 4 is 11.7 Å². The van der Waals surface area contributed by atoms with Crippen LogP contribution < -0.4 is 5.73 Å². The minimum absolute atomic E-state index is 0.143. The van der Waals surface area contributed by atoms with Gasteiger partial charge in [0, 0.05) is 24.7 Å². The molecule has 0 bridgehead atoms. The molecule has 1 amide bonds. The number of carbonyl (C=O) groups is 2. The number of nitrogens with zero attached hydrogens (tertiary/aromatic N) is 1. The summed E-state index contributed by atoms with van der Waals surface area (Å²) in [5.41, 5.74) is 8.10. The van der Waals surface area contributed by atoms with E-state index in [1.807, 2.05) is 32.9 Å². The molecule has 0 aromatic heterocycles. The van der Waals surface area contributed by atoms with Crippen molar-refractivity contribution in [2.75, 3.05) is 20.1 Å². The molecule has 0 heterocycles. The number of hydrogen-bond donors (Lipinski definition) is 1. The van der Waals surface area contributed by atoms with E-state index in [1.54, 1.807) is 48.3 Å². The lowest BCUT2D eigenvalue weighted by atomic mass is 9.92. The molecule has 0 atom stereocenters. The molecule has 2 aromatic rings. The molecular formula is C21H26N2O2. The summed E-state index contributed by atoms with van der Waals surface area (Å²) in [6.45, 7) is 7.00. The zero-order valence-corrected chi connectivity index (χ0v) is 15.4. The predicted molar refractivity (Wildman–Crippen MR) is 101 cm³/mol. The number of nitrogens with two attached hydrogens (primary N) is 1. The Morgan fingerprint density at radius 2 is 1.56 bits per heavy atom. The summed E-state index contributed by atoms with van der Waals surface area (Å²) in [4.78, 5) is 27.4. The van der Waals surface area contributed by atoms with Gasteiger partial charge in [0.05, 0.1) is 5.56 Å². The van der Waals surface area contributed by atoms with Crippen molar-refractivity contribution in [1.82, 2.24) is 4.90 Å². The Morgan fingerprint density at radius 1 is 1.00 bits per heavy atom. The number of aryl methyl sites for hydroxylation is 1. The molecule has 0 spiro atoms. The van der Waals surface area contributed by atoms with Gasteiger partial charge in [0.25, 0.3) is 5.91 Å². The first kappa shape index (κ1) is 18.9. The largest absolute Gasteiger partial charge is 0.341 e. The van der Waals surface area contributed by atoms with Crippen LogP contribution in [0.15, 0.2) is 48.5 Å². The second-order valence-electron chi connectivity index (χ2n) is 7.27. The van der Waals surface area contributed by atoms with Gasteiger partial charge in [0.2, 0.25) is 0 Å². The lowest BCUT2D eigenvalue weighted by Gasteiger charge is -2.29. The number of hydrogen-bond acceptors (Lipinski definition) is 3. The van der Waals surface area contributed by atoms with Crippen LogP contribution in [0.3, 0.4) is 0 Å². The topological polar surface area (TPSA) is 63.4 Å². The highest BCUT2D eigenvalue weighted by molar-refractivity contribution is 6.15. The fraction of sp³-hybridized carbons (Fsp3) is 0.333. The van der Waals surface area contributed by atoms with E-state index < -0.39 is 0 Å². The lowest BCUT2D eigenvalue weighted by molar-refractivity contribution is 0.0736. The summed E-state index contributed by atoms with van der Waals surface area (Å²) in [7, 11) is 1.74. The second-order valence-corrected chi connectivity index (χ2v) is 7.27. The molecule has 0 saturated carbocycles. The second kappa shape index (κ2) is 7.62. The van der Waals surface area contributed by atoms with Crippen molar-refractivity contribution in [3.05, 3.63) is 70.8 Å². The van der Waals surface area contributed by atoms with Gasteiger partial charge in [0.1, 0.15) is 0 Å². The summed E-state index contributed by atoms with van der Waals surface area (Å²) in [6, 6.07) is 14.3. The van der Waals surface area contributed by atoms with Crippen molar-refractivity contribution < 1.29 is 9.59 Å². The standard InChI is InChI=1S/C21H26N2O2/c1-15-9-11-16(12-10-15)19(24)17-7-5-6-8-18(17)20(25)23(4)14-21(2,3)13-22/h5-12H,13-14,22H2,1-4H3. The van der Waals surface area contributed by atoms with E-state index in [0.717, 1.165) is 5.56 Å². The average molecular weight is 338 g/mol. The molecule has 25 heavy (non-hydrogen) atoms. The Bertz CT molecular complexity index is 764. The molecule has 4 heteroatoms. The monoisotopic (exact) mass is 338 g/mol. The van der Waals surface area contributed by atoms with Gasteiger partial charge in [-0.25, -0.2) is 0 Å². The van der Waals surface area contributed by atoms with Gasteiger partial charge >= 0.3 is 0 Å². The van der Waals surface area contributed by atoms with E-state index in [0.29, 0.717) is 29.8 Å². The van der Waals surface area contributed by atoms with Gasteiger partial charge < -0.3 is 10.6 Å². The smallest absolute Gasteiger partial charge is 0.254 e. The van der Waals surface area contributed by atoms with Gasteiger partial charge in [-0.3, -0.25) is 9.59 Å². The van der Waals surface area contributed by atoms with E-state index in [-0.39, 0.29) is 17.1 Å². The predicted octanol–water partition coefficient (Wildman–Crippen LogP) is 3.28. The zero-order valence-electron chi connectivity index (χ0n) is 15.4. The van der Waals surface area contributed by atoms with E-state index in [1.165, 1.54) is 0 Å². The highest BCUT2D eigenvalue weighted by Crippen LogP contribution is 2.20. The van der Waals surface area contributed by atoms with Crippen LogP contribution in [0.1, 0.15) is 45.7 Å². The van der Waals surface area contributed by atoms with Crippen LogP contribution in [-0.4, -0.2) is 36.7 Å². The van der Waals surface area contributed by atoms with E-state index in [2.05, 4.69) is 0 Å². The Labute approximate surface area is 149 Å². The van der Waals surface area contributed by atoms with Crippen LogP contribution in [-0.2, 0) is 0 Å². The maximum absolute atomic E-state index is 12.9. The third kappa shape index (κ3) is 4.54. The Morgan fingerprint density at radius 3 is 2.12 bits per heavy atom. The van der Waals surface area contributed by atoms with Crippen molar-refractivity contribution in [3.8, 4) is 0 Å². The Kier molecular flexibility index (Phi) is 5.75. The average Bonchev–Trinajstić information content (AvgIpc) is 2.60. The molecule has 0 fully saturated rings. The molecule has 0 aliphatic heterocycles. The Balaban J connectivity index is 2.32. The molecule has 2 N–H and O–H groups in total. The van der Waals surface area contributed by atoms with Crippen LogP contribution in [0.25, 0.3) is 0 Å². The number of ketones is 1. The molecule has 0 radical (unpaired) electrons. The van der Waals surface area contributed by atoms with Crippen LogP contribution in [0.5, 0.6) is 0 Å². The first-order chi connectivity index (χ1) is 11.7. The van der Waals surface area contributed by atoms with E-state index >= 15 is 0 Å². The first-order valence-corrected chi connectivity index (χ1v) is 8.41. The highest BCUT2D eigenvalue weighted by atomic mass is 16.2. The minimum atomic E-state index is -0.180. The maximum Gasteiger partial charge on any atom is 0.254 e. The van der Waals surface area contributed by atoms with E-state index in [9.17, 15) is 9.59 Å². The number of rotatable bonds is 6. The first-order valence-electron chi connectivity index (χ1n) is 8.41. The van der Waals surface area contributed by atoms with Crippen molar-refractivity contribution in [1.29, 1.82) is 0 Å². The quantitative estimate of drug-likeness (QED) is 0.822. The van der Waals surface area contributed by atoms with Crippen molar-refractivity contribution in [2.45, 2.75) is 20.8 Å². The van der Waals surface area contributed by atoms with Crippen LogP contribution >= 0.6 is 0 Å². The highest BCUT2D eigenvalue weighted by Gasteiger charge is 2.25. The minimum Gasteiger partial charge on any atom is -0.341 e. The third-order valence-corrected chi connectivity index (χ3v) is 4.28. The molecule has 2 aromatic carbocycles. The van der Waals surface area contributed by atoms with Gasteiger partial charge in [0.15, 0.2) is 5.78 Å². The normalized spacial score (nSPS) is 11.2. The number of carbonyl (C=O) groups excluding carboxylic acids is 2. The zero-order chi connectivity index (χ0) is 18.6.